The fourth-order valence-corrected chi connectivity index (χ4v) is 2.74. The molecule has 1 heterocycles. The Morgan fingerprint density at radius 3 is 2.82 bits per heavy atom. The van der Waals surface area contributed by atoms with Crippen LogP contribution in [0.3, 0.4) is 0 Å². The van der Waals surface area contributed by atoms with E-state index < -0.39 is 0 Å². The second-order valence-corrected chi connectivity index (χ2v) is 5.34. The van der Waals surface area contributed by atoms with Gasteiger partial charge in [0.1, 0.15) is 10.0 Å². The van der Waals surface area contributed by atoms with Crippen LogP contribution in [0.1, 0.15) is 11.4 Å². The van der Waals surface area contributed by atoms with Crippen LogP contribution >= 0.6 is 34.5 Å². The Labute approximate surface area is 114 Å². The topological polar surface area (TPSA) is 51.8 Å². The lowest BCUT2D eigenvalue weighted by Crippen LogP contribution is -1.99. The van der Waals surface area contributed by atoms with Crippen LogP contribution in [0, 0.1) is 0 Å². The van der Waals surface area contributed by atoms with Crippen LogP contribution in [0.4, 0.5) is 0 Å². The molecular weight excluding hydrogens is 277 g/mol. The van der Waals surface area contributed by atoms with Crippen molar-refractivity contribution >= 4 is 34.5 Å². The number of hydrogen-bond acceptors (Lipinski definition) is 4. The summed E-state index contributed by atoms with van der Waals surface area (Å²) >= 11 is 13.6. The fourth-order valence-electron chi connectivity index (χ4n) is 1.39. The molecule has 0 aliphatic rings. The van der Waals surface area contributed by atoms with E-state index in [2.05, 4.69) is 10.2 Å². The molecule has 1 aromatic carbocycles. The van der Waals surface area contributed by atoms with E-state index in [9.17, 15) is 0 Å². The first-order chi connectivity index (χ1) is 8.22. The molecular formula is C11H11Cl2N3S. The van der Waals surface area contributed by atoms with Gasteiger partial charge in [-0.15, -0.1) is 10.2 Å². The van der Waals surface area contributed by atoms with Crippen LogP contribution in [0.25, 0.3) is 10.6 Å². The van der Waals surface area contributed by atoms with E-state index in [1.54, 1.807) is 6.07 Å². The van der Waals surface area contributed by atoms with E-state index in [-0.39, 0.29) is 0 Å². The predicted octanol–water partition coefficient (Wildman–Crippen LogP) is 3.40. The number of aromatic nitrogens is 2. The zero-order valence-corrected chi connectivity index (χ0v) is 11.3. The molecule has 90 valence electrons. The lowest BCUT2D eigenvalue weighted by molar-refractivity contribution is 0.812. The average Bonchev–Trinajstić information content (AvgIpc) is 2.78. The van der Waals surface area contributed by atoms with E-state index in [0.717, 1.165) is 28.4 Å². The maximum absolute atomic E-state index is 6.13. The summed E-state index contributed by atoms with van der Waals surface area (Å²) in [5.74, 6) is 0. The smallest absolute Gasteiger partial charge is 0.149 e. The fraction of sp³-hybridized carbons (Fsp3) is 0.273. The Kier molecular flexibility index (Phi) is 4.34. The molecule has 0 fully saturated rings. The molecule has 0 aliphatic carbocycles. The first kappa shape index (κ1) is 12.8. The van der Waals surface area contributed by atoms with Gasteiger partial charge in [0.05, 0.1) is 10.0 Å². The van der Waals surface area contributed by atoms with E-state index in [4.69, 9.17) is 28.9 Å². The summed E-state index contributed by atoms with van der Waals surface area (Å²) in [7, 11) is 0. The molecule has 0 aliphatic heterocycles. The highest BCUT2D eigenvalue weighted by Crippen LogP contribution is 2.34. The molecule has 2 aromatic rings. The van der Waals surface area contributed by atoms with E-state index in [0.29, 0.717) is 16.6 Å². The van der Waals surface area contributed by atoms with Crippen molar-refractivity contribution in [2.24, 2.45) is 5.73 Å². The van der Waals surface area contributed by atoms with Gasteiger partial charge in [-0.25, -0.2) is 0 Å². The van der Waals surface area contributed by atoms with Crippen LogP contribution in [0.15, 0.2) is 18.2 Å². The van der Waals surface area contributed by atoms with Crippen LogP contribution in [-0.4, -0.2) is 16.7 Å². The number of rotatable bonds is 4. The van der Waals surface area contributed by atoms with Crippen molar-refractivity contribution in [3.63, 3.8) is 0 Å². The Hall–Kier alpha value is -0.680. The Morgan fingerprint density at radius 2 is 2.06 bits per heavy atom. The van der Waals surface area contributed by atoms with Crippen LogP contribution < -0.4 is 5.73 Å². The molecule has 0 unspecified atom stereocenters. The minimum Gasteiger partial charge on any atom is -0.330 e. The summed E-state index contributed by atoms with van der Waals surface area (Å²) in [6, 6.07) is 5.50. The van der Waals surface area contributed by atoms with Crippen LogP contribution in [0.5, 0.6) is 0 Å². The normalized spacial score (nSPS) is 10.8. The summed E-state index contributed by atoms with van der Waals surface area (Å²) in [5, 5.41) is 11.1. The van der Waals surface area contributed by atoms with Gasteiger partial charge in [-0.05, 0) is 19.0 Å². The van der Waals surface area contributed by atoms with E-state index in [1.807, 2.05) is 12.1 Å². The molecule has 0 saturated heterocycles. The van der Waals surface area contributed by atoms with Crippen molar-refractivity contribution in [3.8, 4) is 10.6 Å². The molecule has 2 rings (SSSR count). The summed E-state index contributed by atoms with van der Waals surface area (Å²) in [6.07, 6.45) is 1.77. The lowest BCUT2D eigenvalue weighted by Gasteiger charge is -2.00. The molecule has 0 bridgehead atoms. The first-order valence-electron chi connectivity index (χ1n) is 5.19. The number of aryl methyl sites for hydroxylation is 1. The largest absolute Gasteiger partial charge is 0.330 e. The molecule has 3 nitrogen and oxygen atoms in total. The Bertz CT molecular complexity index is 513. The number of hydrogen-bond donors (Lipinski definition) is 1. The summed E-state index contributed by atoms with van der Waals surface area (Å²) in [6.45, 7) is 0.660. The van der Waals surface area contributed by atoms with Gasteiger partial charge in [0, 0.05) is 12.0 Å². The maximum Gasteiger partial charge on any atom is 0.149 e. The van der Waals surface area contributed by atoms with Crippen molar-refractivity contribution in [3.05, 3.63) is 33.3 Å². The number of nitrogens with two attached hydrogens (primary N) is 1. The van der Waals surface area contributed by atoms with Gasteiger partial charge >= 0.3 is 0 Å². The molecule has 17 heavy (non-hydrogen) atoms. The zero-order valence-electron chi connectivity index (χ0n) is 8.99. The second-order valence-electron chi connectivity index (χ2n) is 3.49. The molecule has 0 atom stereocenters. The van der Waals surface area contributed by atoms with E-state index in [1.165, 1.54) is 11.3 Å². The highest BCUT2D eigenvalue weighted by Gasteiger charge is 2.11. The monoisotopic (exact) mass is 287 g/mol. The molecule has 1 aromatic heterocycles. The molecule has 0 saturated carbocycles. The standard InChI is InChI=1S/C11H11Cl2N3S/c12-8-4-1-3-7(10(8)13)11-16-15-9(17-11)5-2-6-14/h1,3-4H,2,5-6,14H2. The van der Waals surface area contributed by atoms with Gasteiger partial charge in [0.25, 0.3) is 0 Å². The molecule has 0 amide bonds. The predicted molar refractivity (Wildman–Crippen MR) is 72.7 cm³/mol. The highest BCUT2D eigenvalue weighted by atomic mass is 35.5. The third-order valence-electron chi connectivity index (χ3n) is 2.24. The number of halogens is 2. The molecule has 0 spiro atoms. The van der Waals surface area contributed by atoms with Crippen molar-refractivity contribution in [2.75, 3.05) is 6.54 Å². The van der Waals surface area contributed by atoms with Crippen molar-refractivity contribution in [2.45, 2.75) is 12.8 Å². The van der Waals surface area contributed by atoms with E-state index >= 15 is 0 Å². The van der Waals surface area contributed by atoms with Gasteiger partial charge in [0.2, 0.25) is 0 Å². The summed E-state index contributed by atoms with van der Waals surface area (Å²) in [5.41, 5.74) is 6.29. The molecule has 2 N–H and O–H groups in total. The highest BCUT2D eigenvalue weighted by molar-refractivity contribution is 7.14. The maximum atomic E-state index is 6.13. The van der Waals surface area contributed by atoms with Gasteiger partial charge < -0.3 is 5.73 Å². The average molecular weight is 288 g/mol. The Balaban J connectivity index is 2.27. The number of benzene rings is 1. The van der Waals surface area contributed by atoms with Crippen LogP contribution in [-0.2, 0) is 6.42 Å². The third kappa shape index (κ3) is 2.96. The summed E-state index contributed by atoms with van der Waals surface area (Å²) < 4.78 is 0. The van der Waals surface area contributed by atoms with Gasteiger partial charge in [-0.1, -0.05) is 46.7 Å². The SMILES string of the molecule is NCCCc1nnc(-c2cccc(Cl)c2Cl)s1. The molecule has 0 radical (unpaired) electrons. The summed E-state index contributed by atoms with van der Waals surface area (Å²) in [4.78, 5) is 0. The quantitative estimate of drug-likeness (QED) is 0.938. The Morgan fingerprint density at radius 1 is 1.24 bits per heavy atom. The van der Waals surface area contributed by atoms with Crippen molar-refractivity contribution in [1.82, 2.24) is 10.2 Å². The first-order valence-corrected chi connectivity index (χ1v) is 6.76. The number of nitrogens with zero attached hydrogens (tertiary/aromatic N) is 2. The minimum atomic E-state index is 0.524. The van der Waals surface area contributed by atoms with Crippen molar-refractivity contribution < 1.29 is 0 Å². The van der Waals surface area contributed by atoms with Gasteiger partial charge in [-0.3, -0.25) is 0 Å². The van der Waals surface area contributed by atoms with Crippen LogP contribution in [0.2, 0.25) is 10.0 Å². The minimum absolute atomic E-state index is 0.524. The van der Waals surface area contributed by atoms with Crippen molar-refractivity contribution in [1.29, 1.82) is 0 Å². The zero-order chi connectivity index (χ0) is 12.3. The van der Waals surface area contributed by atoms with Gasteiger partial charge in [0.15, 0.2) is 0 Å². The van der Waals surface area contributed by atoms with Gasteiger partial charge in [-0.2, -0.15) is 0 Å². The third-order valence-corrected chi connectivity index (χ3v) is 4.08. The second kappa shape index (κ2) is 5.78. The lowest BCUT2D eigenvalue weighted by atomic mass is 10.2. The molecule has 6 heteroatoms.